The first-order chi connectivity index (χ1) is 9.86. The first-order valence-corrected chi connectivity index (χ1v) is 7.52. The highest BCUT2D eigenvalue weighted by molar-refractivity contribution is 5.78. The number of rotatable bonds is 5. The van der Waals surface area contributed by atoms with E-state index in [4.69, 9.17) is 9.72 Å². The number of aromatic nitrogens is 1. The lowest BCUT2D eigenvalue weighted by atomic mass is 9.94. The Morgan fingerprint density at radius 1 is 1.30 bits per heavy atom. The quantitative estimate of drug-likeness (QED) is 0.907. The summed E-state index contributed by atoms with van der Waals surface area (Å²) < 4.78 is 5.53. The van der Waals surface area contributed by atoms with Gasteiger partial charge in [0.25, 0.3) is 0 Å². The van der Waals surface area contributed by atoms with Crippen molar-refractivity contribution in [3.05, 3.63) is 42.1 Å². The Hall–Kier alpha value is -1.45. The lowest BCUT2D eigenvalue weighted by Crippen LogP contribution is -2.38. The monoisotopic (exact) mass is 270 g/mol. The molecule has 2 aromatic rings. The van der Waals surface area contributed by atoms with Gasteiger partial charge in [-0.2, -0.15) is 0 Å². The highest BCUT2D eigenvalue weighted by atomic mass is 16.5. The molecule has 106 valence electrons. The second-order valence-corrected chi connectivity index (χ2v) is 5.49. The first kappa shape index (κ1) is 13.5. The SMILES string of the molecule is CCNC(Cc1ccc2ccccc2n1)C1CCOC1. The average Bonchev–Trinajstić information content (AvgIpc) is 3.01. The van der Waals surface area contributed by atoms with Crippen LogP contribution in [0.1, 0.15) is 19.0 Å². The van der Waals surface area contributed by atoms with Gasteiger partial charge in [0.1, 0.15) is 0 Å². The van der Waals surface area contributed by atoms with E-state index >= 15 is 0 Å². The molecule has 0 radical (unpaired) electrons. The van der Waals surface area contributed by atoms with Crippen LogP contribution in [-0.4, -0.2) is 30.8 Å². The Morgan fingerprint density at radius 2 is 2.20 bits per heavy atom. The standard InChI is InChI=1S/C17H22N2O/c1-2-18-17(14-9-10-20-12-14)11-15-8-7-13-5-3-4-6-16(13)19-15/h3-8,14,17-18H,2,9-12H2,1H3. The van der Waals surface area contributed by atoms with Gasteiger partial charge in [-0.3, -0.25) is 4.98 Å². The minimum Gasteiger partial charge on any atom is -0.381 e. The number of para-hydroxylation sites is 1. The Bertz CT molecular complexity index is 564. The number of ether oxygens (including phenoxy) is 1. The van der Waals surface area contributed by atoms with Crippen LogP contribution in [0.25, 0.3) is 10.9 Å². The summed E-state index contributed by atoms with van der Waals surface area (Å²) in [6.45, 7) is 4.94. The van der Waals surface area contributed by atoms with Gasteiger partial charge >= 0.3 is 0 Å². The van der Waals surface area contributed by atoms with Crippen LogP contribution in [0.3, 0.4) is 0 Å². The molecule has 1 aromatic carbocycles. The lowest BCUT2D eigenvalue weighted by Gasteiger charge is -2.23. The van der Waals surface area contributed by atoms with Crippen molar-refractivity contribution in [1.82, 2.24) is 10.3 Å². The van der Waals surface area contributed by atoms with Crippen molar-refractivity contribution < 1.29 is 4.74 Å². The Kier molecular flexibility index (Phi) is 4.28. The fourth-order valence-corrected chi connectivity index (χ4v) is 2.99. The highest BCUT2D eigenvalue weighted by Gasteiger charge is 2.25. The van der Waals surface area contributed by atoms with Crippen molar-refractivity contribution in [2.24, 2.45) is 5.92 Å². The molecule has 1 aromatic heterocycles. The Morgan fingerprint density at radius 3 is 3.00 bits per heavy atom. The van der Waals surface area contributed by atoms with Crippen LogP contribution < -0.4 is 5.32 Å². The number of benzene rings is 1. The molecule has 3 rings (SSSR count). The van der Waals surface area contributed by atoms with E-state index in [-0.39, 0.29) is 0 Å². The van der Waals surface area contributed by atoms with Crippen LogP contribution in [0.2, 0.25) is 0 Å². The van der Waals surface area contributed by atoms with Gasteiger partial charge in [0.05, 0.1) is 12.1 Å². The second kappa shape index (κ2) is 6.33. The summed E-state index contributed by atoms with van der Waals surface area (Å²) in [5.41, 5.74) is 2.25. The topological polar surface area (TPSA) is 34.2 Å². The van der Waals surface area contributed by atoms with Crippen LogP contribution >= 0.6 is 0 Å². The Balaban J connectivity index is 1.78. The number of nitrogens with zero attached hydrogens (tertiary/aromatic N) is 1. The molecule has 0 spiro atoms. The predicted octanol–water partition coefficient (Wildman–Crippen LogP) is 2.79. The number of hydrogen-bond donors (Lipinski definition) is 1. The molecule has 2 atom stereocenters. The molecular weight excluding hydrogens is 248 g/mol. The summed E-state index contributed by atoms with van der Waals surface area (Å²) in [7, 11) is 0. The number of hydrogen-bond acceptors (Lipinski definition) is 3. The zero-order chi connectivity index (χ0) is 13.8. The molecule has 1 aliphatic rings. The summed E-state index contributed by atoms with van der Waals surface area (Å²) in [6.07, 6.45) is 2.14. The van der Waals surface area contributed by atoms with Crippen LogP contribution in [-0.2, 0) is 11.2 Å². The molecule has 0 saturated carbocycles. The van der Waals surface area contributed by atoms with E-state index in [2.05, 4.69) is 42.6 Å². The molecule has 3 heteroatoms. The van der Waals surface area contributed by atoms with Crippen molar-refractivity contribution >= 4 is 10.9 Å². The van der Waals surface area contributed by atoms with Gasteiger partial charge in [-0.15, -0.1) is 0 Å². The molecule has 2 unspecified atom stereocenters. The van der Waals surface area contributed by atoms with E-state index in [0.29, 0.717) is 12.0 Å². The average molecular weight is 270 g/mol. The molecule has 2 heterocycles. The predicted molar refractivity (Wildman–Crippen MR) is 81.8 cm³/mol. The molecule has 20 heavy (non-hydrogen) atoms. The summed E-state index contributed by atoms with van der Waals surface area (Å²) >= 11 is 0. The number of likely N-dealkylation sites (N-methyl/N-ethyl adjacent to an activating group) is 1. The molecule has 1 aliphatic heterocycles. The molecule has 0 bridgehead atoms. The van der Waals surface area contributed by atoms with Crippen molar-refractivity contribution in [2.75, 3.05) is 19.8 Å². The minimum atomic E-state index is 0.469. The third-order valence-corrected chi connectivity index (χ3v) is 4.09. The maximum absolute atomic E-state index is 5.53. The van der Waals surface area contributed by atoms with Crippen molar-refractivity contribution in [3.63, 3.8) is 0 Å². The zero-order valence-corrected chi connectivity index (χ0v) is 12.0. The molecule has 1 fully saturated rings. The summed E-state index contributed by atoms with van der Waals surface area (Å²) in [6, 6.07) is 13.1. The van der Waals surface area contributed by atoms with Crippen molar-refractivity contribution in [1.29, 1.82) is 0 Å². The largest absolute Gasteiger partial charge is 0.381 e. The maximum Gasteiger partial charge on any atom is 0.0705 e. The van der Waals surface area contributed by atoms with Crippen LogP contribution in [0.15, 0.2) is 36.4 Å². The normalized spacial score (nSPS) is 20.4. The van der Waals surface area contributed by atoms with Gasteiger partial charge in [0.2, 0.25) is 0 Å². The maximum atomic E-state index is 5.53. The molecule has 1 saturated heterocycles. The molecule has 1 N–H and O–H groups in total. The smallest absolute Gasteiger partial charge is 0.0705 e. The van der Waals surface area contributed by atoms with E-state index in [0.717, 1.165) is 38.1 Å². The van der Waals surface area contributed by atoms with E-state index in [1.54, 1.807) is 0 Å². The lowest BCUT2D eigenvalue weighted by molar-refractivity contribution is 0.176. The summed E-state index contributed by atoms with van der Waals surface area (Å²) in [5.74, 6) is 0.614. The van der Waals surface area contributed by atoms with E-state index in [1.165, 1.54) is 11.1 Å². The van der Waals surface area contributed by atoms with E-state index in [9.17, 15) is 0 Å². The molecular formula is C17H22N2O. The van der Waals surface area contributed by atoms with Gasteiger partial charge in [0.15, 0.2) is 0 Å². The van der Waals surface area contributed by atoms with Gasteiger partial charge < -0.3 is 10.1 Å². The van der Waals surface area contributed by atoms with Gasteiger partial charge in [-0.05, 0) is 25.1 Å². The second-order valence-electron chi connectivity index (χ2n) is 5.49. The minimum absolute atomic E-state index is 0.469. The zero-order valence-electron chi connectivity index (χ0n) is 12.0. The Labute approximate surface area is 120 Å². The summed E-state index contributed by atoms with van der Waals surface area (Å²) in [5, 5.41) is 4.81. The van der Waals surface area contributed by atoms with Gasteiger partial charge in [-0.1, -0.05) is 31.2 Å². The molecule has 0 aliphatic carbocycles. The number of nitrogens with one attached hydrogen (secondary N) is 1. The third-order valence-electron chi connectivity index (χ3n) is 4.09. The fraction of sp³-hybridized carbons (Fsp3) is 0.471. The number of pyridine rings is 1. The molecule has 0 amide bonds. The van der Waals surface area contributed by atoms with Gasteiger partial charge in [0, 0.05) is 36.1 Å². The van der Waals surface area contributed by atoms with Gasteiger partial charge in [-0.25, -0.2) is 0 Å². The molecule has 3 nitrogen and oxygen atoms in total. The third kappa shape index (κ3) is 3.00. The highest BCUT2D eigenvalue weighted by Crippen LogP contribution is 2.20. The van der Waals surface area contributed by atoms with E-state index < -0.39 is 0 Å². The fourth-order valence-electron chi connectivity index (χ4n) is 2.99. The van der Waals surface area contributed by atoms with Crippen molar-refractivity contribution in [2.45, 2.75) is 25.8 Å². The van der Waals surface area contributed by atoms with E-state index in [1.807, 2.05) is 6.07 Å². The summed E-state index contributed by atoms with van der Waals surface area (Å²) in [4.78, 5) is 4.79. The van der Waals surface area contributed by atoms with Crippen LogP contribution in [0.4, 0.5) is 0 Å². The van der Waals surface area contributed by atoms with Crippen LogP contribution in [0, 0.1) is 5.92 Å². The number of fused-ring (bicyclic) bond motifs is 1. The van der Waals surface area contributed by atoms with Crippen LogP contribution in [0.5, 0.6) is 0 Å². The first-order valence-electron chi connectivity index (χ1n) is 7.52. The van der Waals surface area contributed by atoms with Crippen molar-refractivity contribution in [3.8, 4) is 0 Å².